The molecule has 30 heavy (non-hydrogen) atoms. The van der Waals surface area contributed by atoms with E-state index in [1.807, 2.05) is 4.90 Å². The Labute approximate surface area is 175 Å². The maximum atomic E-state index is 13.2. The fourth-order valence-electron chi connectivity index (χ4n) is 5.40. The van der Waals surface area contributed by atoms with Gasteiger partial charge in [0.25, 0.3) is 5.91 Å². The van der Waals surface area contributed by atoms with Crippen molar-refractivity contribution in [1.29, 1.82) is 0 Å². The molecule has 3 atom stereocenters. The van der Waals surface area contributed by atoms with Crippen LogP contribution in [-0.2, 0) is 15.1 Å². The van der Waals surface area contributed by atoms with Gasteiger partial charge in [0.2, 0.25) is 12.7 Å². The number of amides is 4. The Morgan fingerprint density at radius 3 is 2.77 bits per heavy atom. The molecule has 3 fully saturated rings. The van der Waals surface area contributed by atoms with Gasteiger partial charge in [-0.2, -0.15) is 0 Å². The Balaban J connectivity index is 1.33. The molecular weight excluding hydrogens is 386 g/mol. The van der Waals surface area contributed by atoms with Gasteiger partial charge in [0, 0.05) is 12.6 Å². The average molecular weight is 413 g/mol. The summed E-state index contributed by atoms with van der Waals surface area (Å²) in [6.07, 6.45) is 6.70. The Bertz CT molecular complexity index is 901. The molecular formula is C22H27N3O5. The third kappa shape index (κ3) is 3.00. The molecule has 8 heteroatoms. The summed E-state index contributed by atoms with van der Waals surface area (Å²) < 4.78 is 10.7. The fraction of sp³-hybridized carbons (Fsp3) is 0.591. The molecule has 160 valence electrons. The quantitative estimate of drug-likeness (QED) is 0.769. The lowest BCUT2D eigenvalue weighted by molar-refractivity contribution is -0.142. The minimum absolute atomic E-state index is 0.133. The molecule has 5 rings (SSSR count). The normalized spacial score (nSPS) is 30.3. The number of hydrogen-bond donors (Lipinski definition) is 1. The molecule has 1 aromatic carbocycles. The molecule has 4 aliphatic rings. The first kappa shape index (κ1) is 19.2. The number of nitrogens with zero attached hydrogens (tertiary/aromatic N) is 2. The second kappa shape index (κ2) is 7.18. The van der Waals surface area contributed by atoms with Gasteiger partial charge in [-0.05, 0) is 56.2 Å². The average Bonchev–Trinajstić information content (AvgIpc) is 3.31. The van der Waals surface area contributed by atoms with Gasteiger partial charge in [-0.1, -0.05) is 18.9 Å². The maximum absolute atomic E-state index is 13.2. The van der Waals surface area contributed by atoms with Gasteiger partial charge in [0.15, 0.2) is 11.5 Å². The van der Waals surface area contributed by atoms with Gasteiger partial charge < -0.3 is 19.7 Å². The number of rotatable bonds is 3. The van der Waals surface area contributed by atoms with Crippen molar-refractivity contribution in [2.45, 2.75) is 57.0 Å². The molecule has 3 heterocycles. The van der Waals surface area contributed by atoms with Gasteiger partial charge in [-0.25, -0.2) is 4.79 Å². The van der Waals surface area contributed by atoms with Crippen LogP contribution in [0.25, 0.3) is 0 Å². The van der Waals surface area contributed by atoms with E-state index >= 15 is 0 Å². The molecule has 0 aromatic heterocycles. The lowest BCUT2D eigenvalue weighted by atomic mass is 9.78. The van der Waals surface area contributed by atoms with Crippen LogP contribution in [0.2, 0.25) is 0 Å². The van der Waals surface area contributed by atoms with Crippen LogP contribution < -0.4 is 14.8 Å². The number of imide groups is 1. The van der Waals surface area contributed by atoms with E-state index in [4.69, 9.17) is 9.47 Å². The summed E-state index contributed by atoms with van der Waals surface area (Å²) in [6, 6.07) is 4.90. The first-order valence-corrected chi connectivity index (χ1v) is 10.8. The van der Waals surface area contributed by atoms with Crippen LogP contribution in [0, 0.1) is 5.92 Å². The number of urea groups is 1. The van der Waals surface area contributed by atoms with E-state index in [-0.39, 0.29) is 25.3 Å². The van der Waals surface area contributed by atoms with Crippen molar-refractivity contribution in [3.05, 3.63) is 23.8 Å². The van der Waals surface area contributed by atoms with Crippen molar-refractivity contribution in [3.63, 3.8) is 0 Å². The summed E-state index contributed by atoms with van der Waals surface area (Å²) in [5.74, 6) is 1.15. The van der Waals surface area contributed by atoms with Crippen LogP contribution in [0.5, 0.6) is 11.5 Å². The summed E-state index contributed by atoms with van der Waals surface area (Å²) in [5, 5.41) is 2.77. The zero-order valence-electron chi connectivity index (χ0n) is 17.2. The predicted molar refractivity (Wildman–Crippen MR) is 107 cm³/mol. The topological polar surface area (TPSA) is 88.2 Å². The molecule has 2 saturated heterocycles. The number of hydrogen-bond acceptors (Lipinski definition) is 5. The van der Waals surface area contributed by atoms with Gasteiger partial charge in [-0.15, -0.1) is 0 Å². The maximum Gasteiger partial charge on any atom is 0.325 e. The summed E-state index contributed by atoms with van der Waals surface area (Å²) >= 11 is 0. The highest BCUT2D eigenvalue weighted by molar-refractivity contribution is 6.09. The molecule has 4 amide bonds. The zero-order valence-corrected chi connectivity index (χ0v) is 17.2. The number of nitrogens with one attached hydrogen (secondary N) is 1. The molecule has 0 unspecified atom stereocenters. The van der Waals surface area contributed by atoms with Crippen molar-refractivity contribution in [1.82, 2.24) is 15.1 Å². The van der Waals surface area contributed by atoms with E-state index in [1.54, 1.807) is 25.1 Å². The first-order chi connectivity index (χ1) is 14.5. The molecule has 0 spiro atoms. The number of carbonyl (C=O) groups excluding carboxylic acids is 3. The standard InChI is InChI=1S/C22H27N3O5/c1-22(15-8-9-17-18(11-15)30-13-29-17)20(27)25(21(28)23-22)12-19(26)24-10-4-6-14-5-2-3-7-16(14)24/h8-9,11,14,16H,2-7,10,12-13H2,1H3,(H,23,28)/t14-,16-,22+/m0/s1. The van der Waals surface area contributed by atoms with Crippen molar-refractivity contribution in [3.8, 4) is 11.5 Å². The largest absolute Gasteiger partial charge is 0.454 e. The van der Waals surface area contributed by atoms with Crippen molar-refractivity contribution in [2.75, 3.05) is 19.9 Å². The molecule has 8 nitrogen and oxygen atoms in total. The van der Waals surface area contributed by atoms with Crippen LogP contribution in [0.1, 0.15) is 51.0 Å². The van der Waals surface area contributed by atoms with E-state index in [2.05, 4.69) is 5.32 Å². The molecule has 0 bridgehead atoms. The number of benzene rings is 1. The number of likely N-dealkylation sites (tertiary alicyclic amines) is 1. The van der Waals surface area contributed by atoms with Crippen molar-refractivity contribution in [2.24, 2.45) is 5.92 Å². The SMILES string of the molecule is C[C@]1(c2ccc3c(c2)OCO3)NC(=O)N(CC(=O)N2CCC[C@@H]3CCCC[C@@H]32)C1=O. The second-order valence-corrected chi connectivity index (χ2v) is 8.86. The number of fused-ring (bicyclic) bond motifs is 2. The predicted octanol–water partition coefficient (Wildman–Crippen LogP) is 2.36. The molecule has 1 saturated carbocycles. The third-order valence-electron chi connectivity index (χ3n) is 7.08. The highest BCUT2D eigenvalue weighted by Gasteiger charge is 2.50. The molecule has 0 radical (unpaired) electrons. The minimum atomic E-state index is -1.24. The monoisotopic (exact) mass is 413 g/mol. The van der Waals surface area contributed by atoms with Crippen LogP contribution >= 0.6 is 0 Å². The zero-order chi connectivity index (χ0) is 20.9. The van der Waals surface area contributed by atoms with E-state index in [0.717, 1.165) is 24.2 Å². The summed E-state index contributed by atoms with van der Waals surface area (Å²) in [7, 11) is 0. The molecule has 3 aliphatic heterocycles. The van der Waals surface area contributed by atoms with Crippen molar-refractivity contribution >= 4 is 17.8 Å². The van der Waals surface area contributed by atoms with Gasteiger partial charge >= 0.3 is 6.03 Å². The van der Waals surface area contributed by atoms with E-state index in [0.29, 0.717) is 29.5 Å². The Kier molecular flexibility index (Phi) is 4.60. The van der Waals surface area contributed by atoms with Gasteiger partial charge in [0.05, 0.1) is 0 Å². The highest BCUT2D eigenvalue weighted by atomic mass is 16.7. The molecule has 1 aliphatic carbocycles. The molecule has 1 N–H and O–H groups in total. The lowest BCUT2D eigenvalue weighted by Gasteiger charge is -2.44. The summed E-state index contributed by atoms with van der Waals surface area (Å²) in [5.41, 5.74) is -0.640. The number of piperidine rings is 1. The van der Waals surface area contributed by atoms with Crippen molar-refractivity contribution < 1.29 is 23.9 Å². The second-order valence-electron chi connectivity index (χ2n) is 8.86. The van der Waals surface area contributed by atoms with Crippen LogP contribution in [0.15, 0.2) is 18.2 Å². The minimum Gasteiger partial charge on any atom is -0.454 e. The van der Waals surface area contributed by atoms with Crippen LogP contribution in [0.4, 0.5) is 4.79 Å². The lowest BCUT2D eigenvalue weighted by Crippen LogP contribution is -2.53. The smallest absolute Gasteiger partial charge is 0.325 e. The molecule has 1 aromatic rings. The fourth-order valence-corrected chi connectivity index (χ4v) is 5.40. The number of carbonyl (C=O) groups is 3. The van der Waals surface area contributed by atoms with E-state index in [9.17, 15) is 14.4 Å². The first-order valence-electron chi connectivity index (χ1n) is 10.8. The van der Waals surface area contributed by atoms with E-state index in [1.165, 1.54) is 19.3 Å². The van der Waals surface area contributed by atoms with Crippen LogP contribution in [0.3, 0.4) is 0 Å². The van der Waals surface area contributed by atoms with E-state index < -0.39 is 17.5 Å². The summed E-state index contributed by atoms with van der Waals surface area (Å²) in [4.78, 5) is 42.0. The highest BCUT2D eigenvalue weighted by Crippen LogP contribution is 2.38. The van der Waals surface area contributed by atoms with Gasteiger partial charge in [0.1, 0.15) is 12.1 Å². The van der Waals surface area contributed by atoms with Gasteiger partial charge in [-0.3, -0.25) is 14.5 Å². The number of ether oxygens (including phenoxy) is 2. The third-order valence-corrected chi connectivity index (χ3v) is 7.08. The Hall–Kier alpha value is -2.77. The Morgan fingerprint density at radius 1 is 1.13 bits per heavy atom. The summed E-state index contributed by atoms with van der Waals surface area (Å²) in [6.45, 7) is 2.29. The van der Waals surface area contributed by atoms with Crippen LogP contribution in [-0.4, -0.2) is 53.6 Å². The Morgan fingerprint density at radius 2 is 1.90 bits per heavy atom.